The zero-order chi connectivity index (χ0) is 14.9. The number of hydrogen-bond acceptors (Lipinski definition) is 3. The van der Waals surface area contributed by atoms with E-state index in [0.29, 0.717) is 18.2 Å². The largest absolute Gasteiger partial charge is 0.416 e. The van der Waals surface area contributed by atoms with Gasteiger partial charge in [0, 0.05) is 29.2 Å². The van der Waals surface area contributed by atoms with Gasteiger partial charge in [-0.3, -0.25) is 4.98 Å². The van der Waals surface area contributed by atoms with Crippen LogP contribution in [0.15, 0.2) is 36.7 Å². The summed E-state index contributed by atoms with van der Waals surface area (Å²) in [5, 5.41) is 10.0. The number of aromatic nitrogens is 1. The van der Waals surface area contributed by atoms with Gasteiger partial charge in [-0.1, -0.05) is 0 Å². The SMILES string of the molecule is Nc1ccncc1C(O)c1cc(C(F)(F)F)ccc1F. The molecule has 0 amide bonds. The van der Waals surface area contributed by atoms with Crippen molar-refractivity contribution in [2.24, 2.45) is 0 Å². The number of halogens is 4. The molecule has 1 atom stereocenters. The Morgan fingerprint density at radius 2 is 1.85 bits per heavy atom. The van der Waals surface area contributed by atoms with Crippen LogP contribution in [0.25, 0.3) is 0 Å². The van der Waals surface area contributed by atoms with Gasteiger partial charge in [-0.2, -0.15) is 13.2 Å². The summed E-state index contributed by atoms with van der Waals surface area (Å²) < 4.78 is 51.4. The molecular weight excluding hydrogens is 276 g/mol. The smallest absolute Gasteiger partial charge is 0.398 e. The van der Waals surface area contributed by atoms with E-state index in [9.17, 15) is 22.7 Å². The number of nitrogen functional groups attached to an aromatic ring is 1. The summed E-state index contributed by atoms with van der Waals surface area (Å²) in [4.78, 5) is 3.71. The van der Waals surface area contributed by atoms with Crippen molar-refractivity contribution < 1.29 is 22.7 Å². The number of pyridine rings is 1. The van der Waals surface area contributed by atoms with Crippen LogP contribution in [-0.4, -0.2) is 10.1 Å². The van der Waals surface area contributed by atoms with Crippen LogP contribution in [0.3, 0.4) is 0 Å². The molecule has 1 unspecified atom stereocenters. The minimum atomic E-state index is -4.62. The number of nitrogens with zero attached hydrogens (tertiary/aromatic N) is 1. The molecule has 2 rings (SSSR count). The van der Waals surface area contributed by atoms with Crippen molar-refractivity contribution in [2.45, 2.75) is 12.3 Å². The lowest BCUT2D eigenvalue weighted by atomic mass is 9.99. The van der Waals surface area contributed by atoms with Gasteiger partial charge in [-0.05, 0) is 24.3 Å². The van der Waals surface area contributed by atoms with Crippen molar-refractivity contribution in [3.05, 3.63) is 59.2 Å². The average Bonchev–Trinajstić information content (AvgIpc) is 2.37. The van der Waals surface area contributed by atoms with Gasteiger partial charge in [-0.25, -0.2) is 4.39 Å². The molecule has 0 saturated heterocycles. The lowest BCUT2D eigenvalue weighted by Gasteiger charge is -2.16. The number of benzene rings is 1. The molecule has 3 nitrogen and oxygen atoms in total. The first-order valence-electron chi connectivity index (χ1n) is 5.55. The summed E-state index contributed by atoms with van der Waals surface area (Å²) in [6.07, 6.45) is -3.71. The third-order valence-electron chi connectivity index (χ3n) is 2.80. The van der Waals surface area contributed by atoms with Crippen molar-refractivity contribution in [3.8, 4) is 0 Å². The van der Waals surface area contributed by atoms with Crippen LogP contribution in [0.2, 0.25) is 0 Å². The zero-order valence-corrected chi connectivity index (χ0v) is 10.0. The maximum Gasteiger partial charge on any atom is 0.416 e. The first-order chi connectivity index (χ1) is 9.30. The number of rotatable bonds is 2. The Labute approximate surface area is 111 Å². The number of alkyl halides is 3. The van der Waals surface area contributed by atoms with Crippen molar-refractivity contribution in [1.29, 1.82) is 0 Å². The minimum Gasteiger partial charge on any atom is -0.398 e. The second-order valence-corrected chi connectivity index (χ2v) is 4.14. The Bertz CT molecular complexity index is 628. The Hall–Kier alpha value is -2.15. The molecule has 0 aliphatic rings. The van der Waals surface area contributed by atoms with Crippen molar-refractivity contribution in [2.75, 3.05) is 5.73 Å². The van der Waals surface area contributed by atoms with Gasteiger partial charge in [0.15, 0.2) is 0 Å². The first kappa shape index (κ1) is 14.3. The summed E-state index contributed by atoms with van der Waals surface area (Å²) >= 11 is 0. The van der Waals surface area contributed by atoms with Gasteiger partial charge in [0.2, 0.25) is 0 Å². The number of hydrogen-bond donors (Lipinski definition) is 2. The Kier molecular flexibility index (Phi) is 3.63. The van der Waals surface area contributed by atoms with E-state index in [2.05, 4.69) is 4.98 Å². The first-order valence-corrected chi connectivity index (χ1v) is 5.55. The molecule has 0 bridgehead atoms. The molecule has 1 aromatic carbocycles. The topological polar surface area (TPSA) is 59.1 Å². The molecule has 1 heterocycles. The van der Waals surface area contributed by atoms with Crippen LogP contribution in [0, 0.1) is 5.82 Å². The summed E-state index contributed by atoms with van der Waals surface area (Å²) in [7, 11) is 0. The fourth-order valence-electron chi connectivity index (χ4n) is 1.74. The molecule has 0 spiro atoms. The molecule has 2 aromatic rings. The molecule has 20 heavy (non-hydrogen) atoms. The average molecular weight is 286 g/mol. The van der Waals surface area contributed by atoms with Gasteiger partial charge in [-0.15, -0.1) is 0 Å². The molecule has 0 aliphatic carbocycles. The predicted octanol–water partition coefficient (Wildman–Crippen LogP) is 2.90. The lowest BCUT2D eigenvalue weighted by Crippen LogP contribution is -2.10. The van der Waals surface area contributed by atoms with Crippen LogP contribution in [0.5, 0.6) is 0 Å². The maximum atomic E-state index is 13.6. The highest BCUT2D eigenvalue weighted by molar-refractivity contribution is 5.49. The molecule has 0 aliphatic heterocycles. The molecule has 7 heteroatoms. The Morgan fingerprint density at radius 1 is 1.15 bits per heavy atom. The fraction of sp³-hybridized carbons (Fsp3) is 0.154. The highest BCUT2D eigenvalue weighted by Crippen LogP contribution is 2.34. The lowest BCUT2D eigenvalue weighted by molar-refractivity contribution is -0.137. The van der Waals surface area contributed by atoms with E-state index in [1.165, 1.54) is 18.5 Å². The molecule has 0 fully saturated rings. The quantitative estimate of drug-likeness (QED) is 0.834. The third kappa shape index (κ3) is 2.72. The summed E-state index contributed by atoms with van der Waals surface area (Å²) in [5.41, 5.74) is 4.20. The summed E-state index contributed by atoms with van der Waals surface area (Å²) in [6.45, 7) is 0. The monoisotopic (exact) mass is 286 g/mol. The second kappa shape index (κ2) is 5.09. The predicted molar refractivity (Wildman–Crippen MR) is 64.1 cm³/mol. The molecular formula is C13H10F4N2O. The molecule has 0 saturated carbocycles. The standard InChI is InChI=1S/C13H10F4N2O/c14-10-2-1-7(13(15,16)17)5-8(10)12(20)9-6-19-4-3-11(9)18/h1-6,12,20H,(H2,18,19). The van der Waals surface area contributed by atoms with Gasteiger partial charge in [0.05, 0.1) is 5.56 Å². The number of anilines is 1. The Balaban J connectivity index is 2.50. The number of nitrogens with two attached hydrogens (primary N) is 1. The zero-order valence-electron chi connectivity index (χ0n) is 10.0. The Morgan fingerprint density at radius 3 is 2.45 bits per heavy atom. The summed E-state index contributed by atoms with van der Waals surface area (Å²) in [5.74, 6) is -0.950. The van der Waals surface area contributed by atoms with Crippen LogP contribution in [-0.2, 0) is 6.18 Å². The molecule has 0 radical (unpaired) electrons. The number of aliphatic hydroxyl groups is 1. The van der Waals surface area contributed by atoms with E-state index in [-0.39, 0.29) is 11.3 Å². The van der Waals surface area contributed by atoms with Crippen molar-refractivity contribution >= 4 is 5.69 Å². The second-order valence-electron chi connectivity index (χ2n) is 4.14. The number of aliphatic hydroxyl groups excluding tert-OH is 1. The summed E-state index contributed by atoms with van der Waals surface area (Å²) in [6, 6.07) is 3.20. The van der Waals surface area contributed by atoms with Gasteiger partial charge < -0.3 is 10.8 Å². The van der Waals surface area contributed by atoms with E-state index in [1.807, 2.05) is 0 Å². The fourth-order valence-corrected chi connectivity index (χ4v) is 1.74. The van der Waals surface area contributed by atoms with E-state index in [1.54, 1.807) is 0 Å². The van der Waals surface area contributed by atoms with E-state index in [4.69, 9.17) is 5.73 Å². The third-order valence-corrected chi connectivity index (χ3v) is 2.80. The van der Waals surface area contributed by atoms with E-state index in [0.717, 1.165) is 0 Å². The highest BCUT2D eigenvalue weighted by atomic mass is 19.4. The van der Waals surface area contributed by atoms with E-state index >= 15 is 0 Å². The van der Waals surface area contributed by atoms with Gasteiger partial charge in [0.1, 0.15) is 11.9 Å². The van der Waals surface area contributed by atoms with Crippen molar-refractivity contribution in [1.82, 2.24) is 4.98 Å². The molecule has 1 aromatic heterocycles. The van der Waals surface area contributed by atoms with Crippen LogP contribution in [0.1, 0.15) is 22.8 Å². The molecule has 106 valence electrons. The van der Waals surface area contributed by atoms with E-state index < -0.39 is 29.2 Å². The van der Waals surface area contributed by atoms with Crippen LogP contribution >= 0.6 is 0 Å². The van der Waals surface area contributed by atoms with Gasteiger partial charge in [0.25, 0.3) is 0 Å². The van der Waals surface area contributed by atoms with Crippen molar-refractivity contribution in [3.63, 3.8) is 0 Å². The maximum absolute atomic E-state index is 13.6. The highest BCUT2D eigenvalue weighted by Gasteiger charge is 2.32. The van der Waals surface area contributed by atoms with Crippen LogP contribution < -0.4 is 5.73 Å². The van der Waals surface area contributed by atoms with Crippen LogP contribution in [0.4, 0.5) is 23.2 Å². The normalized spacial score (nSPS) is 13.2. The molecule has 3 N–H and O–H groups in total. The minimum absolute atomic E-state index is 0.0470. The van der Waals surface area contributed by atoms with Gasteiger partial charge >= 0.3 is 6.18 Å².